The highest BCUT2D eigenvalue weighted by molar-refractivity contribution is 5.90. The van der Waals surface area contributed by atoms with Crippen LogP contribution in [0.25, 0.3) is 0 Å². The van der Waals surface area contributed by atoms with Crippen molar-refractivity contribution in [3.63, 3.8) is 0 Å². The second-order valence-corrected chi connectivity index (χ2v) is 5.88. The molecule has 1 aliphatic heterocycles. The first-order chi connectivity index (χ1) is 7.83. The lowest BCUT2D eigenvalue weighted by Crippen LogP contribution is -2.59. The number of carbonyl (C=O) groups excluding carboxylic acids is 1. The van der Waals surface area contributed by atoms with Crippen LogP contribution in [-0.4, -0.2) is 11.9 Å². The van der Waals surface area contributed by atoms with Gasteiger partial charge in [0.15, 0.2) is 0 Å². The van der Waals surface area contributed by atoms with E-state index >= 15 is 0 Å². The fraction of sp³-hybridized carbons (Fsp3) is 0.500. The third-order valence-electron chi connectivity index (χ3n) is 5.45. The monoisotopic (exact) mass is 211 g/mol. The van der Waals surface area contributed by atoms with Crippen molar-refractivity contribution in [3.8, 4) is 0 Å². The number of hydrogen-bond acceptors (Lipinski definition) is 1. The summed E-state index contributed by atoms with van der Waals surface area (Å²) < 4.78 is 0. The summed E-state index contributed by atoms with van der Waals surface area (Å²) in [6, 6.07) is 9.27. The van der Waals surface area contributed by atoms with Gasteiger partial charge in [-0.15, -0.1) is 0 Å². The second-order valence-electron chi connectivity index (χ2n) is 5.88. The van der Waals surface area contributed by atoms with Crippen LogP contribution in [0.1, 0.15) is 35.8 Å². The zero-order valence-corrected chi connectivity index (χ0v) is 8.94. The van der Waals surface area contributed by atoms with Crippen molar-refractivity contribution in [1.82, 2.24) is 5.32 Å². The second kappa shape index (κ2) is 2.06. The zero-order chi connectivity index (χ0) is 10.5. The number of hydrogen-bond donors (Lipinski definition) is 1. The number of carbonyl (C=O) groups is 1. The van der Waals surface area contributed by atoms with Crippen LogP contribution in [0.15, 0.2) is 24.3 Å². The van der Waals surface area contributed by atoms with Gasteiger partial charge in [-0.1, -0.05) is 24.3 Å². The van der Waals surface area contributed by atoms with E-state index in [-0.39, 0.29) is 0 Å². The van der Waals surface area contributed by atoms with E-state index in [9.17, 15) is 4.79 Å². The van der Waals surface area contributed by atoms with Gasteiger partial charge in [-0.2, -0.15) is 0 Å². The Morgan fingerprint density at radius 2 is 1.81 bits per heavy atom. The van der Waals surface area contributed by atoms with Crippen molar-refractivity contribution < 1.29 is 4.79 Å². The van der Waals surface area contributed by atoms with E-state index in [1.807, 2.05) is 0 Å². The van der Waals surface area contributed by atoms with Gasteiger partial charge in [0, 0.05) is 17.9 Å². The van der Waals surface area contributed by atoms with Crippen LogP contribution in [0.3, 0.4) is 0 Å². The first-order valence-corrected chi connectivity index (χ1v) is 6.22. The van der Waals surface area contributed by atoms with Crippen LogP contribution >= 0.6 is 0 Å². The number of amides is 1. The Hall–Kier alpha value is -1.31. The molecule has 4 aliphatic rings. The van der Waals surface area contributed by atoms with Gasteiger partial charge in [-0.3, -0.25) is 4.79 Å². The number of rotatable bonds is 0. The lowest BCUT2D eigenvalue weighted by atomic mass is 9.75. The standard InChI is InChI=1S/C14H13NO/c16-13-9-10-7-3-1-2-4-8(7)11(12(9)15-13)14(10)5-6-14/h1-4,9-12H,5-6H2,(H,15,16)/t9-,10+,11-,12+/m1/s1. The Morgan fingerprint density at radius 1 is 1.12 bits per heavy atom. The van der Waals surface area contributed by atoms with Crippen molar-refractivity contribution in [2.45, 2.75) is 30.7 Å². The molecule has 1 saturated heterocycles. The summed E-state index contributed by atoms with van der Waals surface area (Å²) >= 11 is 0. The molecule has 1 aromatic rings. The van der Waals surface area contributed by atoms with Gasteiger partial charge < -0.3 is 5.32 Å². The Balaban J connectivity index is 1.81. The summed E-state index contributed by atoms with van der Waals surface area (Å²) in [5.41, 5.74) is 3.51. The van der Waals surface area contributed by atoms with Crippen LogP contribution in [0.4, 0.5) is 0 Å². The molecule has 2 nitrogen and oxygen atoms in total. The minimum Gasteiger partial charge on any atom is -0.352 e. The van der Waals surface area contributed by atoms with E-state index < -0.39 is 0 Å². The van der Waals surface area contributed by atoms with Gasteiger partial charge in [0.05, 0.1) is 5.92 Å². The number of β-lactam (4-membered cyclic amide) rings is 1. The molecular formula is C14H13NO. The molecule has 3 aliphatic carbocycles. The molecule has 1 amide bonds. The predicted molar refractivity (Wildman–Crippen MR) is 59.0 cm³/mol. The van der Waals surface area contributed by atoms with Crippen molar-refractivity contribution in [3.05, 3.63) is 35.4 Å². The maximum absolute atomic E-state index is 11.7. The SMILES string of the molecule is O=C1N[C@H]2[C@H]1[C@@H]1c3ccccc3[C@H]2C12CC2. The van der Waals surface area contributed by atoms with Crippen molar-refractivity contribution in [2.24, 2.45) is 11.3 Å². The molecule has 3 fully saturated rings. The van der Waals surface area contributed by atoms with Crippen LogP contribution in [0, 0.1) is 11.3 Å². The number of benzene rings is 1. The van der Waals surface area contributed by atoms with Crippen molar-refractivity contribution in [1.29, 1.82) is 0 Å². The van der Waals surface area contributed by atoms with E-state index in [0.29, 0.717) is 35.1 Å². The fourth-order valence-corrected chi connectivity index (χ4v) is 4.83. The summed E-state index contributed by atoms with van der Waals surface area (Å²) in [4.78, 5) is 11.7. The lowest BCUT2D eigenvalue weighted by Gasteiger charge is -2.40. The minimum absolute atomic E-state index is 0.304. The molecule has 2 bridgehead atoms. The van der Waals surface area contributed by atoms with Crippen molar-refractivity contribution in [2.75, 3.05) is 0 Å². The highest BCUT2D eigenvalue weighted by atomic mass is 16.2. The smallest absolute Gasteiger partial charge is 0.226 e. The largest absolute Gasteiger partial charge is 0.352 e. The summed E-state index contributed by atoms with van der Waals surface area (Å²) in [7, 11) is 0. The van der Waals surface area contributed by atoms with E-state index in [1.165, 1.54) is 24.0 Å². The van der Waals surface area contributed by atoms with Gasteiger partial charge >= 0.3 is 0 Å². The number of nitrogens with one attached hydrogen (secondary N) is 1. The number of fused-ring (bicyclic) bond motifs is 6. The third-order valence-corrected chi connectivity index (χ3v) is 5.45. The van der Waals surface area contributed by atoms with Gasteiger partial charge in [0.2, 0.25) is 5.91 Å². The van der Waals surface area contributed by atoms with Crippen molar-refractivity contribution >= 4 is 5.91 Å². The molecule has 80 valence electrons. The molecule has 2 heteroatoms. The van der Waals surface area contributed by atoms with E-state index in [4.69, 9.17) is 0 Å². The Morgan fingerprint density at radius 3 is 2.44 bits per heavy atom. The average molecular weight is 211 g/mol. The zero-order valence-electron chi connectivity index (χ0n) is 8.94. The first kappa shape index (κ1) is 7.88. The summed E-state index contributed by atoms with van der Waals surface area (Å²) in [5, 5.41) is 3.13. The summed E-state index contributed by atoms with van der Waals surface area (Å²) in [5.74, 6) is 1.80. The Bertz CT molecular complexity index is 531. The topological polar surface area (TPSA) is 29.1 Å². The van der Waals surface area contributed by atoms with Gasteiger partial charge in [-0.25, -0.2) is 0 Å². The van der Waals surface area contributed by atoms with Gasteiger partial charge in [0.25, 0.3) is 0 Å². The average Bonchev–Trinajstić information content (AvgIpc) is 2.97. The maximum atomic E-state index is 11.7. The lowest BCUT2D eigenvalue weighted by molar-refractivity contribution is -0.134. The predicted octanol–water partition coefficient (Wildman–Crippen LogP) is 1.78. The molecule has 1 heterocycles. The normalized spacial score (nSPS) is 43.6. The highest BCUT2D eigenvalue weighted by Crippen LogP contribution is 2.78. The van der Waals surface area contributed by atoms with Crippen LogP contribution < -0.4 is 5.32 Å². The van der Waals surface area contributed by atoms with E-state index in [1.54, 1.807) is 0 Å². The van der Waals surface area contributed by atoms with E-state index in [2.05, 4.69) is 29.6 Å². The molecule has 16 heavy (non-hydrogen) atoms. The third kappa shape index (κ3) is 0.580. The molecule has 0 unspecified atom stereocenters. The molecule has 0 aromatic heterocycles. The Labute approximate surface area is 94.0 Å². The minimum atomic E-state index is 0.304. The fourth-order valence-electron chi connectivity index (χ4n) is 4.83. The quantitative estimate of drug-likeness (QED) is 0.651. The summed E-state index contributed by atoms with van der Waals surface area (Å²) in [6.45, 7) is 0. The van der Waals surface area contributed by atoms with Gasteiger partial charge in [-0.05, 0) is 29.4 Å². The Kier molecular flexibility index (Phi) is 1.02. The molecule has 1 N–H and O–H groups in total. The van der Waals surface area contributed by atoms with Gasteiger partial charge in [0.1, 0.15) is 0 Å². The molecule has 4 atom stereocenters. The molecule has 1 spiro atoms. The highest BCUT2D eigenvalue weighted by Gasteiger charge is 2.75. The molecular weight excluding hydrogens is 198 g/mol. The summed E-state index contributed by atoms with van der Waals surface area (Å²) in [6.07, 6.45) is 2.66. The maximum Gasteiger partial charge on any atom is 0.226 e. The van der Waals surface area contributed by atoms with Crippen LogP contribution in [0.2, 0.25) is 0 Å². The molecule has 0 radical (unpaired) electrons. The van der Waals surface area contributed by atoms with E-state index in [0.717, 1.165) is 0 Å². The van der Waals surface area contributed by atoms with Crippen LogP contribution in [-0.2, 0) is 4.79 Å². The molecule has 1 aromatic carbocycles. The van der Waals surface area contributed by atoms with Crippen LogP contribution in [0.5, 0.6) is 0 Å². The molecule has 5 rings (SSSR count). The molecule has 2 saturated carbocycles. The first-order valence-electron chi connectivity index (χ1n) is 6.22.